The Morgan fingerprint density at radius 3 is 1.33 bits per heavy atom. The van der Waals surface area contributed by atoms with Gasteiger partial charge in [0, 0.05) is 0 Å². The highest BCUT2D eigenvalue weighted by Crippen LogP contribution is 2.11. The molecule has 0 amide bonds. The second-order valence-electron chi connectivity index (χ2n) is 8.19. The summed E-state index contributed by atoms with van der Waals surface area (Å²) in [6.07, 6.45) is 25.9. The topological polar surface area (TPSA) is 34.0 Å². The molecule has 158 valence electrons. The molecule has 0 unspecified atom stereocenters. The second-order valence-corrected chi connectivity index (χ2v) is 8.19. The number of nitrogens with zero attached hydrogens (tertiary/aromatic N) is 4. The van der Waals surface area contributed by atoms with Crippen molar-refractivity contribution < 1.29 is 0 Å². The largest absolute Gasteiger partial charge is 0.306 e. The lowest BCUT2D eigenvalue weighted by Crippen LogP contribution is -2.28. The first kappa shape index (κ1) is 24.1. The smallest absolute Gasteiger partial charge is 0.120 e. The summed E-state index contributed by atoms with van der Waals surface area (Å²) in [5, 5.41) is 7.90. The molecule has 4 nitrogen and oxygen atoms in total. The van der Waals surface area contributed by atoms with Crippen molar-refractivity contribution in [2.75, 3.05) is 13.1 Å². The first-order valence-electron chi connectivity index (χ1n) is 11.9. The van der Waals surface area contributed by atoms with Gasteiger partial charge in [-0.15, -0.1) is 10.2 Å². The molecule has 1 aromatic rings. The van der Waals surface area contributed by atoms with Crippen LogP contribution >= 0.6 is 0 Å². The fraction of sp³-hybridized carbons (Fsp3) is 0.913. The molecule has 0 saturated heterocycles. The number of unbranched alkanes of at least 4 members (excludes halogenated alkanes) is 14. The minimum Gasteiger partial charge on any atom is -0.306 e. The summed E-state index contributed by atoms with van der Waals surface area (Å²) in [5.74, 6) is 0. The third-order valence-corrected chi connectivity index (χ3v) is 5.49. The van der Waals surface area contributed by atoms with Gasteiger partial charge in [-0.2, -0.15) is 0 Å². The standard InChI is InChI=1S/C23H46N4/c1-3-5-7-9-11-13-15-17-19-26(23-27-21-24-25-22-27)20-18-16-14-12-10-8-6-4-2/h21-22H,3-20,23H2,1-2H3. The molecular formula is C23H46N4. The zero-order valence-electron chi connectivity index (χ0n) is 18.4. The molecule has 0 aliphatic rings. The maximum Gasteiger partial charge on any atom is 0.120 e. The molecular weight excluding hydrogens is 332 g/mol. The zero-order chi connectivity index (χ0) is 19.4. The predicted octanol–water partition coefficient (Wildman–Crippen LogP) is 6.82. The SMILES string of the molecule is CCCCCCCCCCN(CCCCCCCCCC)Cn1cnnc1. The summed E-state index contributed by atoms with van der Waals surface area (Å²) in [4.78, 5) is 2.59. The second kappa shape index (κ2) is 18.5. The Kier molecular flexibility index (Phi) is 16.5. The van der Waals surface area contributed by atoms with Crippen LogP contribution in [0.1, 0.15) is 117 Å². The minimum atomic E-state index is 0.944. The summed E-state index contributed by atoms with van der Waals surface area (Å²) in [6, 6.07) is 0. The van der Waals surface area contributed by atoms with E-state index in [-0.39, 0.29) is 0 Å². The van der Waals surface area contributed by atoms with E-state index in [9.17, 15) is 0 Å². The van der Waals surface area contributed by atoms with Crippen LogP contribution < -0.4 is 0 Å². The van der Waals surface area contributed by atoms with Crippen LogP contribution in [0.4, 0.5) is 0 Å². The lowest BCUT2D eigenvalue weighted by atomic mass is 10.1. The van der Waals surface area contributed by atoms with E-state index in [1.807, 2.05) is 12.7 Å². The molecule has 0 aliphatic carbocycles. The van der Waals surface area contributed by atoms with Gasteiger partial charge < -0.3 is 4.57 Å². The van der Waals surface area contributed by atoms with Gasteiger partial charge in [0.2, 0.25) is 0 Å². The third-order valence-electron chi connectivity index (χ3n) is 5.49. The molecule has 1 rings (SSSR count). The van der Waals surface area contributed by atoms with E-state index in [1.54, 1.807) is 0 Å². The lowest BCUT2D eigenvalue weighted by Gasteiger charge is -2.22. The molecule has 0 atom stereocenters. The van der Waals surface area contributed by atoms with Crippen molar-refractivity contribution in [1.29, 1.82) is 0 Å². The maximum atomic E-state index is 3.95. The van der Waals surface area contributed by atoms with E-state index in [0.717, 1.165) is 6.67 Å². The summed E-state index contributed by atoms with van der Waals surface area (Å²) < 4.78 is 2.11. The van der Waals surface area contributed by atoms with E-state index in [2.05, 4.69) is 33.5 Å². The van der Waals surface area contributed by atoms with E-state index in [0.29, 0.717) is 0 Å². The molecule has 0 saturated carbocycles. The van der Waals surface area contributed by atoms with Gasteiger partial charge in [0.25, 0.3) is 0 Å². The Hall–Kier alpha value is -0.900. The van der Waals surface area contributed by atoms with Crippen LogP contribution in [0, 0.1) is 0 Å². The van der Waals surface area contributed by atoms with E-state index in [1.165, 1.54) is 116 Å². The molecule has 0 N–H and O–H groups in total. The van der Waals surface area contributed by atoms with Crippen molar-refractivity contribution in [2.24, 2.45) is 0 Å². The summed E-state index contributed by atoms with van der Waals surface area (Å²) >= 11 is 0. The fourth-order valence-electron chi connectivity index (χ4n) is 3.72. The Morgan fingerprint density at radius 2 is 0.926 bits per heavy atom. The highest BCUT2D eigenvalue weighted by Gasteiger charge is 2.06. The molecule has 0 radical (unpaired) electrons. The highest BCUT2D eigenvalue weighted by atomic mass is 15.3. The number of rotatable bonds is 20. The molecule has 1 aromatic heterocycles. The summed E-state index contributed by atoms with van der Waals surface area (Å²) in [6.45, 7) is 7.95. The molecule has 27 heavy (non-hydrogen) atoms. The molecule has 1 heterocycles. The van der Waals surface area contributed by atoms with Crippen molar-refractivity contribution >= 4 is 0 Å². The first-order chi connectivity index (χ1) is 13.4. The Labute approximate surface area is 169 Å². The van der Waals surface area contributed by atoms with Gasteiger partial charge in [0.15, 0.2) is 0 Å². The Balaban J connectivity index is 2.10. The van der Waals surface area contributed by atoms with Crippen molar-refractivity contribution in [3.05, 3.63) is 12.7 Å². The van der Waals surface area contributed by atoms with Crippen LogP contribution in [-0.2, 0) is 6.67 Å². The average molecular weight is 379 g/mol. The maximum absolute atomic E-state index is 3.95. The molecule has 0 fully saturated rings. The average Bonchev–Trinajstić information content (AvgIpc) is 3.18. The van der Waals surface area contributed by atoms with Crippen molar-refractivity contribution in [2.45, 2.75) is 123 Å². The van der Waals surface area contributed by atoms with Crippen molar-refractivity contribution in [1.82, 2.24) is 19.7 Å². The quantitative estimate of drug-likeness (QED) is 0.233. The first-order valence-corrected chi connectivity index (χ1v) is 11.9. The van der Waals surface area contributed by atoms with E-state index < -0.39 is 0 Å². The van der Waals surface area contributed by atoms with Crippen LogP contribution in [-0.4, -0.2) is 32.8 Å². The monoisotopic (exact) mass is 378 g/mol. The number of hydrogen-bond donors (Lipinski definition) is 0. The number of aromatic nitrogens is 3. The summed E-state index contributed by atoms with van der Waals surface area (Å²) in [7, 11) is 0. The van der Waals surface area contributed by atoms with Crippen molar-refractivity contribution in [3.63, 3.8) is 0 Å². The van der Waals surface area contributed by atoms with Gasteiger partial charge in [-0.05, 0) is 25.9 Å². The summed E-state index contributed by atoms with van der Waals surface area (Å²) in [5.41, 5.74) is 0. The van der Waals surface area contributed by atoms with Gasteiger partial charge in [0.1, 0.15) is 12.7 Å². The van der Waals surface area contributed by atoms with Crippen LogP contribution in [0.3, 0.4) is 0 Å². The lowest BCUT2D eigenvalue weighted by molar-refractivity contribution is 0.208. The molecule has 4 heteroatoms. The Bertz CT molecular complexity index is 371. The normalized spacial score (nSPS) is 11.5. The van der Waals surface area contributed by atoms with Gasteiger partial charge in [-0.3, -0.25) is 4.90 Å². The van der Waals surface area contributed by atoms with Crippen LogP contribution in [0.2, 0.25) is 0 Å². The zero-order valence-corrected chi connectivity index (χ0v) is 18.4. The Morgan fingerprint density at radius 1 is 0.556 bits per heavy atom. The van der Waals surface area contributed by atoms with Crippen LogP contribution in [0.15, 0.2) is 12.7 Å². The minimum absolute atomic E-state index is 0.944. The predicted molar refractivity (Wildman–Crippen MR) is 117 cm³/mol. The van der Waals surface area contributed by atoms with Crippen molar-refractivity contribution in [3.8, 4) is 0 Å². The van der Waals surface area contributed by atoms with Gasteiger partial charge in [-0.1, -0.05) is 104 Å². The van der Waals surface area contributed by atoms with Crippen LogP contribution in [0.5, 0.6) is 0 Å². The number of hydrogen-bond acceptors (Lipinski definition) is 3. The molecule has 0 aromatic carbocycles. The molecule has 0 aliphatic heterocycles. The molecule has 0 spiro atoms. The van der Waals surface area contributed by atoms with E-state index >= 15 is 0 Å². The van der Waals surface area contributed by atoms with Crippen LogP contribution in [0.25, 0.3) is 0 Å². The van der Waals surface area contributed by atoms with Gasteiger partial charge in [-0.25, -0.2) is 0 Å². The van der Waals surface area contributed by atoms with Gasteiger partial charge in [0.05, 0.1) is 6.67 Å². The van der Waals surface area contributed by atoms with E-state index in [4.69, 9.17) is 0 Å². The highest BCUT2D eigenvalue weighted by molar-refractivity contribution is 4.63. The fourth-order valence-corrected chi connectivity index (χ4v) is 3.72. The molecule has 0 bridgehead atoms. The third kappa shape index (κ3) is 14.8. The van der Waals surface area contributed by atoms with Gasteiger partial charge >= 0.3 is 0 Å².